The van der Waals surface area contributed by atoms with Gasteiger partial charge in [-0.25, -0.2) is 9.92 Å². The van der Waals surface area contributed by atoms with Gasteiger partial charge in [-0.3, -0.25) is 0 Å². The molecule has 0 radical (unpaired) electrons. The average Bonchev–Trinajstić information content (AvgIpc) is 2.36. The predicted octanol–water partition coefficient (Wildman–Crippen LogP) is 4.00. The Morgan fingerprint density at radius 2 is 1.82 bits per heavy atom. The zero-order valence-electron chi connectivity index (χ0n) is 8.61. The molecule has 2 N–H and O–H groups in total. The van der Waals surface area contributed by atoms with E-state index >= 15 is 0 Å². The Balaban J connectivity index is 2.60. The van der Waals surface area contributed by atoms with Crippen LogP contribution in [0.3, 0.4) is 0 Å². The summed E-state index contributed by atoms with van der Waals surface area (Å²) >= 11 is 0. The molecule has 17 heavy (non-hydrogen) atoms. The summed E-state index contributed by atoms with van der Waals surface area (Å²) in [6.45, 7) is 0. The van der Waals surface area contributed by atoms with Crippen molar-refractivity contribution in [2.45, 2.75) is 0 Å². The van der Waals surface area contributed by atoms with Gasteiger partial charge in [0.15, 0.2) is 11.6 Å². The molecular formula is C12H8F2N2O. The standard InChI is InChI=1S/C12H8F2N2O/c13-11-9(4-5-10(17)12(11)14)7-2-1-3-8(6-7)16-15/h1-6,15,17H. The van der Waals surface area contributed by atoms with Gasteiger partial charge in [0, 0.05) is 5.56 Å². The van der Waals surface area contributed by atoms with Crippen molar-refractivity contribution in [3.63, 3.8) is 0 Å². The molecule has 2 aromatic rings. The third kappa shape index (κ3) is 1.99. The first-order valence-electron chi connectivity index (χ1n) is 4.78. The maximum absolute atomic E-state index is 13.6. The minimum atomic E-state index is -1.28. The Kier molecular flexibility index (Phi) is 2.82. The van der Waals surface area contributed by atoms with Crippen molar-refractivity contribution in [3.05, 3.63) is 48.0 Å². The summed E-state index contributed by atoms with van der Waals surface area (Å²) in [6.07, 6.45) is 0. The Hall–Kier alpha value is -2.30. The number of aromatic hydroxyl groups is 1. The van der Waals surface area contributed by atoms with E-state index in [9.17, 15) is 8.78 Å². The number of nitrogens with one attached hydrogen (secondary N) is 1. The molecule has 0 aliphatic rings. The number of phenols is 1. The zero-order chi connectivity index (χ0) is 12.4. The van der Waals surface area contributed by atoms with E-state index in [1.165, 1.54) is 12.1 Å². The fourth-order valence-electron chi connectivity index (χ4n) is 1.51. The Morgan fingerprint density at radius 3 is 2.53 bits per heavy atom. The lowest BCUT2D eigenvalue weighted by Crippen LogP contribution is -1.90. The first kappa shape index (κ1) is 11.2. The van der Waals surface area contributed by atoms with Crippen LogP contribution >= 0.6 is 0 Å². The van der Waals surface area contributed by atoms with Gasteiger partial charge in [0.05, 0.1) is 5.69 Å². The van der Waals surface area contributed by atoms with Crippen molar-refractivity contribution < 1.29 is 13.9 Å². The number of rotatable bonds is 2. The van der Waals surface area contributed by atoms with Crippen LogP contribution in [0.1, 0.15) is 0 Å². The van der Waals surface area contributed by atoms with E-state index in [2.05, 4.69) is 5.11 Å². The third-order valence-corrected chi connectivity index (χ3v) is 2.35. The summed E-state index contributed by atoms with van der Waals surface area (Å²) in [6, 6.07) is 8.55. The number of hydrogen-bond acceptors (Lipinski definition) is 3. The second kappa shape index (κ2) is 4.29. The molecule has 86 valence electrons. The molecule has 0 atom stereocenters. The van der Waals surface area contributed by atoms with Crippen LogP contribution in [0.15, 0.2) is 41.5 Å². The highest BCUT2D eigenvalue weighted by Crippen LogP contribution is 2.30. The van der Waals surface area contributed by atoms with Gasteiger partial charge >= 0.3 is 0 Å². The summed E-state index contributed by atoms with van der Waals surface area (Å²) in [5, 5.41) is 12.2. The van der Waals surface area contributed by atoms with Crippen LogP contribution < -0.4 is 0 Å². The van der Waals surface area contributed by atoms with Gasteiger partial charge in [-0.05, 0) is 29.8 Å². The van der Waals surface area contributed by atoms with E-state index in [-0.39, 0.29) is 5.56 Å². The lowest BCUT2D eigenvalue weighted by Gasteiger charge is -2.05. The number of halogens is 2. The molecular weight excluding hydrogens is 226 g/mol. The van der Waals surface area contributed by atoms with Gasteiger partial charge in [0.2, 0.25) is 5.82 Å². The van der Waals surface area contributed by atoms with E-state index in [4.69, 9.17) is 10.6 Å². The highest BCUT2D eigenvalue weighted by molar-refractivity contribution is 5.68. The second-order valence-electron chi connectivity index (χ2n) is 3.42. The molecule has 3 nitrogen and oxygen atoms in total. The second-order valence-corrected chi connectivity index (χ2v) is 3.42. The summed E-state index contributed by atoms with van der Waals surface area (Å²) in [4.78, 5) is 0. The van der Waals surface area contributed by atoms with Crippen molar-refractivity contribution in [3.8, 4) is 16.9 Å². The first-order chi connectivity index (χ1) is 8.13. The van der Waals surface area contributed by atoms with Gasteiger partial charge in [-0.15, -0.1) is 0 Å². The van der Waals surface area contributed by atoms with Gasteiger partial charge < -0.3 is 5.11 Å². The van der Waals surface area contributed by atoms with Gasteiger partial charge in [-0.2, -0.15) is 9.50 Å². The fourth-order valence-corrected chi connectivity index (χ4v) is 1.51. The molecule has 0 aromatic heterocycles. The van der Waals surface area contributed by atoms with Gasteiger partial charge in [0.1, 0.15) is 0 Å². The van der Waals surface area contributed by atoms with E-state index in [1.807, 2.05) is 0 Å². The van der Waals surface area contributed by atoms with Crippen LogP contribution in [-0.4, -0.2) is 5.11 Å². The van der Waals surface area contributed by atoms with Crippen molar-refractivity contribution in [1.29, 1.82) is 5.53 Å². The average molecular weight is 234 g/mol. The van der Waals surface area contributed by atoms with Crippen LogP contribution in [0.2, 0.25) is 0 Å². The fraction of sp³-hybridized carbons (Fsp3) is 0. The maximum Gasteiger partial charge on any atom is 0.200 e. The minimum Gasteiger partial charge on any atom is -0.505 e. The minimum absolute atomic E-state index is 0.0193. The number of hydrogen-bond donors (Lipinski definition) is 2. The molecule has 0 saturated heterocycles. The monoisotopic (exact) mass is 234 g/mol. The van der Waals surface area contributed by atoms with Gasteiger partial charge in [-0.1, -0.05) is 12.1 Å². The van der Waals surface area contributed by atoms with Crippen molar-refractivity contribution >= 4 is 5.69 Å². The summed E-state index contributed by atoms with van der Waals surface area (Å²) in [5.74, 6) is -3.13. The molecule has 0 unspecified atom stereocenters. The van der Waals surface area contributed by atoms with Crippen molar-refractivity contribution in [2.75, 3.05) is 0 Å². The molecule has 0 aliphatic heterocycles. The smallest absolute Gasteiger partial charge is 0.200 e. The quantitative estimate of drug-likeness (QED) is 0.758. The van der Waals surface area contributed by atoms with Crippen LogP contribution in [0.5, 0.6) is 5.75 Å². The summed E-state index contributed by atoms with van der Waals surface area (Å²) in [5.41, 5.74) is 7.61. The van der Waals surface area contributed by atoms with Crippen LogP contribution in [0, 0.1) is 17.2 Å². The number of benzene rings is 2. The van der Waals surface area contributed by atoms with E-state index in [0.29, 0.717) is 11.3 Å². The van der Waals surface area contributed by atoms with Crippen LogP contribution in [0.25, 0.3) is 11.1 Å². The molecule has 0 heterocycles. The number of phenolic OH excluding ortho intramolecular Hbond substituents is 1. The lowest BCUT2D eigenvalue weighted by atomic mass is 10.0. The predicted molar refractivity (Wildman–Crippen MR) is 58.3 cm³/mol. The molecule has 0 aliphatic carbocycles. The summed E-state index contributed by atoms with van der Waals surface area (Å²) < 4.78 is 26.7. The van der Waals surface area contributed by atoms with E-state index in [1.54, 1.807) is 18.2 Å². The Morgan fingerprint density at radius 1 is 1.06 bits per heavy atom. The van der Waals surface area contributed by atoms with Crippen molar-refractivity contribution in [1.82, 2.24) is 0 Å². The topological polar surface area (TPSA) is 56.4 Å². The molecule has 5 heteroatoms. The largest absolute Gasteiger partial charge is 0.505 e. The molecule has 0 spiro atoms. The van der Waals surface area contributed by atoms with E-state index < -0.39 is 17.4 Å². The maximum atomic E-state index is 13.6. The Labute approximate surface area is 95.9 Å². The van der Waals surface area contributed by atoms with Crippen molar-refractivity contribution in [2.24, 2.45) is 5.11 Å². The van der Waals surface area contributed by atoms with E-state index in [0.717, 1.165) is 6.07 Å². The van der Waals surface area contributed by atoms with Gasteiger partial charge in [0.25, 0.3) is 0 Å². The molecule has 2 rings (SSSR count). The SMILES string of the molecule is N=Nc1cccc(-c2ccc(O)c(F)c2F)c1. The molecule has 0 amide bonds. The molecule has 0 fully saturated rings. The highest BCUT2D eigenvalue weighted by atomic mass is 19.2. The normalized spacial score (nSPS) is 10.2. The van der Waals surface area contributed by atoms with Crippen LogP contribution in [0.4, 0.5) is 14.5 Å². The highest BCUT2D eigenvalue weighted by Gasteiger charge is 2.14. The molecule has 0 bridgehead atoms. The lowest BCUT2D eigenvalue weighted by molar-refractivity contribution is 0.408. The number of nitrogens with zero attached hydrogens (tertiary/aromatic N) is 1. The Bertz CT molecular complexity index is 585. The van der Waals surface area contributed by atoms with Crippen LogP contribution in [-0.2, 0) is 0 Å². The molecule has 0 saturated carbocycles. The summed E-state index contributed by atoms with van der Waals surface area (Å²) in [7, 11) is 0. The molecule has 2 aromatic carbocycles. The zero-order valence-corrected chi connectivity index (χ0v) is 8.61. The first-order valence-corrected chi connectivity index (χ1v) is 4.78. The third-order valence-electron chi connectivity index (χ3n) is 2.35.